The molecular weight excluding hydrogens is 305 g/mol. The quantitative estimate of drug-likeness (QED) is 0.944. The van der Waals surface area contributed by atoms with Crippen LogP contribution in [0, 0.1) is 17.1 Å². The minimum Gasteiger partial charge on any atom is -0.278 e. The van der Waals surface area contributed by atoms with Crippen LogP contribution in [0.1, 0.15) is 5.56 Å². The summed E-state index contributed by atoms with van der Waals surface area (Å²) in [6, 6.07) is 6.18. The molecule has 8 heteroatoms. The molecule has 102 valence electrons. The van der Waals surface area contributed by atoms with Crippen LogP contribution in [0.15, 0.2) is 41.6 Å². The van der Waals surface area contributed by atoms with Crippen molar-refractivity contribution in [3.63, 3.8) is 0 Å². The van der Waals surface area contributed by atoms with Crippen molar-refractivity contribution < 1.29 is 12.8 Å². The Morgan fingerprint density at radius 1 is 1.35 bits per heavy atom. The Morgan fingerprint density at radius 3 is 2.75 bits per heavy atom. The van der Waals surface area contributed by atoms with Gasteiger partial charge in [0.25, 0.3) is 10.0 Å². The molecule has 2 rings (SSSR count). The number of nitrogens with one attached hydrogen (secondary N) is 1. The van der Waals surface area contributed by atoms with Crippen LogP contribution in [0.25, 0.3) is 0 Å². The Hall–Kier alpha value is -2.17. The number of benzene rings is 1. The molecule has 20 heavy (non-hydrogen) atoms. The Kier molecular flexibility index (Phi) is 3.88. The fraction of sp³-hybridized carbons (Fsp3) is 0. The summed E-state index contributed by atoms with van der Waals surface area (Å²) in [6.07, 6.45) is 2.43. The Bertz CT molecular complexity index is 803. The van der Waals surface area contributed by atoms with Crippen LogP contribution in [0.2, 0.25) is 5.02 Å². The second kappa shape index (κ2) is 5.45. The predicted molar refractivity (Wildman–Crippen MR) is 71.2 cm³/mol. The number of nitriles is 1. The molecular formula is C12H7ClFN3O2S. The van der Waals surface area contributed by atoms with Gasteiger partial charge in [0.2, 0.25) is 0 Å². The first-order valence-electron chi connectivity index (χ1n) is 5.26. The molecule has 0 saturated carbocycles. The number of sulfonamides is 1. The van der Waals surface area contributed by atoms with Crippen LogP contribution in [-0.2, 0) is 10.0 Å². The molecule has 0 atom stereocenters. The van der Waals surface area contributed by atoms with E-state index in [1.54, 1.807) is 6.07 Å². The van der Waals surface area contributed by atoms with Gasteiger partial charge in [-0.1, -0.05) is 11.6 Å². The Morgan fingerprint density at radius 2 is 2.10 bits per heavy atom. The summed E-state index contributed by atoms with van der Waals surface area (Å²) in [5.41, 5.74) is -0.164. The number of aromatic nitrogens is 1. The highest BCUT2D eigenvalue weighted by atomic mass is 35.5. The average Bonchev–Trinajstić information content (AvgIpc) is 2.41. The second-order valence-electron chi connectivity index (χ2n) is 3.71. The maximum absolute atomic E-state index is 13.0. The molecule has 1 N–H and O–H groups in total. The van der Waals surface area contributed by atoms with E-state index >= 15 is 0 Å². The number of anilines is 1. The Labute approximate surface area is 119 Å². The van der Waals surface area contributed by atoms with E-state index in [2.05, 4.69) is 9.71 Å². The molecule has 0 radical (unpaired) electrons. The van der Waals surface area contributed by atoms with E-state index in [0.29, 0.717) is 0 Å². The van der Waals surface area contributed by atoms with Crippen LogP contribution in [-0.4, -0.2) is 13.4 Å². The largest absolute Gasteiger partial charge is 0.278 e. The number of hydrogen-bond acceptors (Lipinski definition) is 4. The van der Waals surface area contributed by atoms with Gasteiger partial charge < -0.3 is 0 Å². The van der Waals surface area contributed by atoms with Gasteiger partial charge in [0, 0.05) is 12.4 Å². The average molecular weight is 312 g/mol. The Balaban J connectivity index is 2.45. The maximum atomic E-state index is 13.0. The van der Waals surface area contributed by atoms with E-state index in [9.17, 15) is 12.8 Å². The molecule has 1 heterocycles. The fourth-order valence-electron chi connectivity index (χ4n) is 1.46. The smallest absolute Gasteiger partial charge is 0.264 e. The summed E-state index contributed by atoms with van der Waals surface area (Å²) >= 11 is 5.79. The molecule has 0 aliphatic rings. The zero-order valence-corrected chi connectivity index (χ0v) is 11.4. The van der Waals surface area contributed by atoms with Crippen LogP contribution < -0.4 is 4.72 Å². The van der Waals surface area contributed by atoms with Gasteiger partial charge >= 0.3 is 0 Å². The standard InChI is InChI=1S/C12H7ClFN3O2S/c13-10-3-4-16-7-12(10)20(18,19)17-11-2-1-9(14)5-8(11)6-15/h1-5,7,17H. The van der Waals surface area contributed by atoms with Crippen molar-refractivity contribution in [1.82, 2.24) is 4.98 Å². The van der Waals surface area contributed by atoms with E-state index in [-0.39, 0.29) is 21.2 Å². The minimum absolute atomic E-state index is 0.00637. The predicted octanol–water partition coefficient (Wildman–Crippen LogP) is 2.55. The molecule has 5 nitrogen and oxygen atoms in total. The molecule has 0 spiro atoms. The highest BCUT2D eigenvalue weighted by Gasteiger charge is 2.19. The highest BCUT2D eigenvalue weighted by molar-refractivity contribution is 7.92. The molecule has 0 saturated heterocycles. The van der Waals surface area contributed by atoms with Crippen molar-refractivity contribution in [2.75, 3.05) is 4.72 Å². The molecule has 1 aromatic heterocycles. The molecule has 0 unspecified atom stereocenters. The lowest BCUT2D eigenvalue weighted by molar-refractivity contribution is 0.600. The maximum Gasteiger partial charge on any atom is 0.264 e. The summed E-state index contributed by atoms with van der Waals surface area (Å²) in [4.78, 5) is 3.45. The van der Waals surface area contributed by atoms with Crippen LogP contribution in [0.4, 0.5) is 10.1 Å². The van der Waals surface area contributed by atoms with Crippen molar-refractivity contribution in [3.8, 4) is 6.07 Å². The molecule has 0 bridgehead atoms. The topological polar surface area (TPSA) is 82.9 Å². The summed E-state index contributed by atoms with van der Waals surface area (Å²) in [5, 5.41) is 8.87. The number of pyridine rings is 1. The normalized spacial score (nSPS) is 10.8. The van der Waals surface area contributed by atoms with Crippen molar-refractivity contribution in [1.29, 1.82) is 5.26 Å². The van der Waals surface area contributed by atoms with Gasteiger partial charge in [0.05, 0.1) is 16.3 Å². The highest BCUT2D eigenvalue weighted by Crippen LogP contribution is 2.24. The van der Waals surface area contributed by atoms with E-state index in [0.717, 1.165) is 24.4 Å². The van der Waals surface area contributed by atoms with Crippen molar-refractivity contribution >= 4 is 27.3 Å². The number of rotatable bonds is 3. The van der Waals surface area contributed by atoms with E-state index < -0.39 is 15.8 Å². The zero-order chi connectivity index (χ0) is 14.8. The van der Waals surface area contributed by atoms with Crippen LogP contribution in [0.3, 0.4) is 0 Å². The summed E-state index contributed by atoms with van der Waals surface area (Å²) in [5.74, 6) is -0.635. The lowest BCUT2D eigenvalue weighted by Gasteiger charge is -2.10. The summed E-state index contributed by atoms with van der Waals surface area (Å²) in [7, 11) is -4.01. The van der Waals surface area contributed by atoms with Crippen molar-refractivity contribution in [2.24, 2.45) is 0 Å². The fourth-order valence-corrected chi connectivity index (χ4v) is 2.97. The van der Waals surface area contributed by atoms with Gasteiger partial charge in [-0.05, 0) is 24.3 Å². The third kappa shape index (κ3) is 2.87. The van der Waals surface area contributed by atoms with Gasteiger partial charge in [-0.15, -0.1) is 0 Å². The van der Waals surface area contributed by atoms with Gasteiger partial charge in [0.15, 0.2) is 0 Å². The third-order valence-corrected chi connectivity index (χ3v) is 4.20. The van der Waals surface area contributed by atoms with E-state index in [4.69, 9.17) is 16.9 Å². The first kappa shape index (κ1) is 14.2. The van der Waals surface area contributed by atoms with E-state index in [1.807, 2.05) is 0 Å². The third-order valence-electron chi connectivity index (χ3n) is 2.37. The van der Waals surface area contributed by atoms with Gasteiger partial charge in [-0.25, -0.2) is 12.8 Å². The first-order valence-corrected chi connectivity index (χ1v) is 7.12. The molecule has 1 aromatic carbocycles. The lowest BCUT2D eigenvalue weighted by Crippen LogP contribution is -2.14. The van der Waals surface area contributed by atoms with Crippen molar-refractivity contribution in [3.05, 3.63) is 53.1 Å². The van der Waals surface area contributed by atoms with Crippen LogP contribution in [0.5, 0.6) is 0 Å². The second-order valence-corrected chi connectivity index (χ2v) is 5.77. The summed E-state index contributed by atoms with van der Waals surface area (Å²) in [6.45, 7) is 0. The molecule has 0 aliphatic heterocycles. The molecule has 0 aliphatic carbocycles. The van der Waals surface area contributed by atoms with Gasteiger partial charge in [0.1, 0.15) is 16.8 Å². The number of hydrogen-bond donors (Lipinski definition) is 1. The molecule has 2 aromatic rings. The van der Waals surface area contributed by atoms with Gasteiger partial charge in [-0.2, -0.15) is 5.26 Å². The summed E-state index contributed by atoms with van der Waals surface area (Å²) < 4.78 is 39.4. The van der Waals surface area contributed by atoms with Crippen molar-refractivity contribution in [2.45, 2.75) is 4.90 Å². The van der Waals surface area contributed by atoms with Gasteiger partial charge in [-0.3, -0.25) is 9.71 Å². The number of halogens is 2. The monoisotopic (exact) mass is 311 g/mol. The number of nitrogens with zero attached hydrogens (tertiary/aromatic N) is 2. The zero-order valence-electron chi connectivity index (χ0n) is 9.84. The molecule has 0 amide bonds. The lowest BCUT2D eigenvalue weighted by atomic mass is 10.2. The first-order chi connectivity index (χ1) is 9.44. The van der Waals surface area contributed by atoms with E-state index in [1.165, 1.54) is 12.3 Å². The SMILES string of the molecule is N#Cc1cc(F)ccc1NS(=O)(=O)c1cnccc1Cl. The van der Waals surface area contributed by atoms with Crippen LogP contribution >= 0.6 is 11.6 Å². The minimum atomic E-state index is -4.01. The molecule has 0 fully saturated rings.